The molecule has 2 rings (SSSR count). The minimum absolute atomic E-state index is 0. The average Bonchev–Trinajstić information content (AvgIpc) is 2.78. The Bertz CT molecular complexity index is 502. The molecule has 0 unspecified atom stereocenters. The maximum absolute atomic E-state index is 5.26. The van der Waals surface area contributed by atoms with Gasteiger partial charge >= 0.3 is 0 Å². The molecule has 4 N–H and O–H groups in total. The van der Waals surface area contributed by atoms with Gasteiger partial charge in [-0.1, -0.05) is 18.2 Å². The van der Waals surface area contributed by atoms with Gasteiger partial charge in [-0.2, -0.15) is 5.10 Å². The second-order valence-corrected chi connectivity index (χ2v) is 3.69. The molecule has 1 aromatic heterocycles. The van der Waals surface area contributed by atoms with E-state index in [9.17, 15) is 0 Å². The van der Waals surface area contributed by atoms with E-state index in [1.165, 1.54) is 0 Å². The number of para-hydroxylation sites is 1. The van der Waals surface area contributed by atoms with Crippen LogP contribution in [0.1, 0.15) is 5.56 Å². The normalized spacial score (nSPS) is 9.56. The van der Waals surface area contributed by atoms with E-state index in [0.29, 0.717) is 6.54 Å². The summed E-state index contributed by atoms with van der Waals surface area (Å²) < 4.78 is 1.84. The molecule has 5 nitrogen and oxygen atoms in total. The van der Waals surface area contributed by atoms with Gasteiger partial charge in [-0.3, -0.25) is 4.99 Å². The molecule has 1 aromatic carbocycles. The third-order valence-electron chi connectivity index (χ3n) is 2.35. The molecule has 0 aliphatic carbocycles. The summed E-state index contributed by atoms with van der Waals surface area (Å²) in [7, 11) is 0. The number of aromatic nitrogens is 2. The number of hydrogen-bond acceptors (Lipinski definition) is 2. The third-order valence-corrected chi connectivity index (χ3v) is 2.35. The van der Waals surface area contributed by atoms with Crippen LogP contribution in [-0.4, -0.2) is 22.3 Å². The molecule has 0 radical (unpaired) electrons. The summed E-state index contributed by atoms with van der Waals surface area (Å²) in [6.07, 6.45) is 4.59. The summed E-state index contributed by atoms with van der Waals surface area (Å²) in [5, 5.41) is 4.29. The van der Waals surface area contributed by atoms with Gasteiger partial charge in [0.05, 0.1) is 11.9 Å². The lowest BCUT2D eigenvalue weighted by molar-refractivity contribution is 0.879. The molecule has 1 heterocycles. The Hall–Kier alpha value is -1.57. The molecule has 0 bridgehead atoms. The molecular formula is C12H16IN5. The second-order valence-electron chi connectivity index (χ2n) is 3.69. The number of rotatable bonds is 4. The van der Waals surface area contributed by atoms with E-state index in [2.05, 4.69) is 10.1 Å². The lowest BCUT2D eigenvalue weighted by atomic mass is 10.2. The highest BCUT2D eigenvalue weighted by atomic mass is 127. The summed E-state index contributed by atoms with van der Waals surface area (Å²) in [6.45, 7) is 0.586. The van der Waals surface area contributed by atoms with Crippen LogP contribution in [0.25, 0.3) is 5.69 Å². The van der Waals surface area contributed by atoms with Gasteiger partial charge in [-0.15, -0.1) is 24.0 Å². The number of benzene rings is 1. The lowest BCUT2D eigenvalue weighted by Gasteiger charge is -1.98. The Morgan fingerprint density at radius 3 is 2.61 bits per heavy atom. The zero-order valence-electron chi connectivity index (χ0n) is 9.86. The van der Waals surface area contributed by atoms with Gasteiger partial charge in [-0.05, 0) is 24.1 Å². The number of aliphatic imine (C=N–C) groups is 1. The van der Waals surface area contributed by atoms with Crippen molar-refractivity contribution in [3.05, 3.63) is 48.3 Å². The SMILES string of the molecule is I.NC(N)=NCCc1cnn(-c2ccccc2)c1. The fourth-order valence-corrected chi connectivity index (χ4v) is 1.53. The predicted octanol–water partition coefficient (Wildman–Crippen LogP) is 1.31. The van der Waals surface area contributed by atoms with Crippen molar-refractivity contribution in [3.63, 3.8) is 0 Å². The quantitative estimate of drug-likeness (QED) is 0.492. The van der Waals surface area contributed by atoms with Gasteiger partial charge in [0.25, 0.3) is 0 Å². The molecule has 0 atom stereocenters. The first-order valence-electron chi connectivity index (χ1n) is 5.40. The van der Waals surface area contributed by atoms with Crippen molar-refractivity contribution in [1.82, 2.24) is 9.78 Å². The first-order valence-corrected chi connectivity index (χ1v) is 5.40. The van der Waals surface area contributed by atoms with Crippen LogP contribution in [0.4, 0.5) is 0 Å². The van der Waals surface area contributed by atoms with Crippen LogP contribution in [0.2, 0.25) is 0 Å². The van der Waals surface area contributed by atoms with E-state index in [-0.39, 0.29) is 29.9 Å². The number of halogens is 1. The Morgan fingerprint density at radius 2 is 1.94 bits per heavy atom. The average molecular weight is 357 g/mol. The minimum Gasteiger partial charge on any atom is -0.370 e. The van der Waals surface area contributed by atoms with Crippen LogP contribution in [0.15, 0.2) is 47.7 Å². The van der Waals surface area contributed by atoms with Crippen molar-refractivity contribution in [2.45, 2.75) is 6.42 Å². The monoisotopic (exact) mass is 357 g/mol. The number of guanidine groups is 1. The molecular weight excluding hydrogens is 341 g/mol. The van der Waals surface area contributed by atoms with Crippen LogP contribution in [0.3, 0.4) is 0 Å². The Labute approximate surface area is 123 Å². The van der Waals surface area contributed by atoms with Crippen LogP contribution in [0, 0.1) is 0 Å². The molecule has 96 valence electrons. The van der Waals surface area contributed by atoms with Gasteiger partial charge in [-0.25, -0.2) is 4.68 Å². The largest absolute Gasteiger partial charge is 0.370 e. The molecule has 0 saturated carbocycles. The topological polar surface area (TPSA) is 82.2 Å². The zero-order valence-corrected chi connectivity index (χ0v) is 12.2. The van der Waals surface area contributed by atoms with Gasteiger partial charge < -0.3 is 11.5 Å². The summed E-state index contributed by atoms with van der Waals surface area (Å²) in [5.74, 6) is 0.125. The number of nitrogens with two attached hydrogens (primary N) is 2. The molecule has 0 saturated heterocycles. The van der Waals surface area contributed by atoms with E-state index in [1.54, 1.807) is 0 Å². The van der Waals surface area contributed by atoms with Crippen molar-refractivity contribution >= 4 is 29.9 Å². The van der Waals surface area contributed by atoms with E-state index in [4.69, 9.17) is 11.5 Å². The Kier molecular flexibility index (Phi) is 5.63. The standard InChI is InChI=1S/C12H15N5.HI/c13-12(14)15-7-6-10-8-16-17(9-10)11-4-2-1-3-5-11;/h1-5,8-9H,6-7H2,(H4,13,14,15);1H. The second kappa shape index (κ2) is 7.00. The van der Waals surface area contributed by atoms with Crippen LogP contribution < -0.4 is 11.5 Å². The van der Waals surface area contributed by atoms with Crippen LogP contribution >= 0.6 is 24.0 Å². The summed E-state index contributed by atoms with van der Waals surface area (Å²) in [5.41, 5.74) is 12.7. The van der Waals surface area contributed by atoms with Gasteiger partial charge in [0.1, 0.15) is 0 Å². The highest BCUT2D eigenvalue weighted by molar-refractivity contribution is 14.0. The molecule has 0 aliphatic rings. The van der Waals surface area contributed by atoms with E-state index in [0.717, 1.165) is 17.7 Å². The fraction of sp³-hybridized carbons (Fsp3) is 0.167. The van der Waals surface area contributed by atoms with Crippen LogP contribution in [-0.2, 0) is 6.42 Å². The molecule has 0 amide bonds. The van der Waals surface area contributed by atoms with Gasteiger partial charge in [0, 0.05) is 12.7 Å². The summed E-state index contributed by atoms with van der Waals surface area (Å²) in [6, 6.07) is 9.96. The molecule has 6 heteroatoms. The van der Waals surface area contributed by atoms with Crippen molar-refractivity contribution in [3.8, 4) is 5.69 Å². The first kappa shape index (κ1) is 14.5. The molecule has 2 aromatic rings. The van der Waals surface area contributed by atoms with Crippen molar-refractivity contribution in [2.75, 3.05) is 6.54 Å². The van der Waals surface area contributed by atoms with E-state index >= 15 is 0 Å². The van der Waals surface area contributed by atoms with Crippen LogP contribution in [0.5, 0.6) is 0 Å². The maximum Gasteiger partial charge on any atom is 0.185 e. The number of nitrogens with zero attached hydrogens (tertiary/aromatic N) is 3. The Morgan fingerprint density at radius 1 is 1.22 bits per heavy atom. The summed E-state index contributed by atoms with van der Waals surface area (Å²) >= 11 is 0. The third kappa shape index (κ3) is 4.02. The van der Waals surface area contributed by atoms with Gasteiger partial charge in [0.2, 0.25) is 0 Å². The van der Waals surface area contributed by atoms with Gasteiger partial charge in [0.15, 0.2) is 5.96 Å². The molecule has 0 aliphatic heterocycles. The summed E-state index contributed by atoms with van der Waals surface area (Å²) in [4.78, 5) is 3.94. The molecule has 0 spiro atoms. The highest BCUT2D eigenvalue weighted by Gasteiger charge is 1.99. The molecule has 0 fully saturated rings. The van der Waals surface area contributed by atoms with Crippen molar-refractivity contribution in [2.24, 2.45) is 16.5 Å². The highest BCUT2D eigenvalue weighted by Crippen LogP contribution is 2.07. The molecule has 18 heavy (non-hydrogen) atoms. The number of hydrogen-bond donors (Lipinski definition) is 2. The fourth-order valence-electron chi connectivity index (χ4n) is 1.53. The van der Waals surface area contributed by atoms with E-state index < -0.39 is 0 Å². The predicted molar refractivity (Wildman–Crippen MR) is 83.4 cm³/mol. The van der Waals surface area contributed by atoms with E-state index in [1.807, 2.05) is 47.4 Å². The smallest absolute Gasteiger partial charge is 0.185 e. The lowest BCUT2D eigenvalue weighted by Crippen LogP contribution is -2.23. The minimum atomic E-state index is 0. The van der Waals surface area contributed by atoms with Crippen molar-refractivity contribution in [1.29, 1.82) is 0 Å². The zero-order chi connectivity index (χ0) is 12.1. The Balaban J connectivity index is 0.00000162. The maximum atomic E-state index is 5.26. The first-order chi connectivity index (χ1) is 8.25. The van der Waals surface area contributed by atoms with Crippen molar-refractivity contribution < 1.29 is 0 Å².